The highest BCUT2D eigenvalue weighted by Gasteiger charge is 2.48. The molecule has 0 amide bonds. The van der Waals surface area contributed by atoms with Crippen LogP contribution in [0, 0.1) is 22.2 Å². The summed E-state index contributed by atoms with van der Waals surface area (Å²) in [6.07, 6.45) is 6.89. The largest absolute Gasteiger partial charge is 0.302 e. The van der Waals surface area contributed by atoms with Crippen LogP contribution in [-0.4, -0.2) is 72.1 Å². The Morgan fingerprint density at radius 2 is 1.53 bits per heavy atom. The lowest BCUT2D eigenvalue weighted by Crippen LogP contribution is -2.66. The third kappa shape index (κ3) is 6.45. The highest BCUT2D eigenvalue weighted by Crippen LogP contribution is 2.42. The lowest BCUT2D eigenvalue weighted by atomic mass is 9.71. The first kappa shape index (κ1) is 24.5. The van der Waals surface area contributed by atoms with Gasteiger partial charge < -0.3 is 9.80 Å². The molecule has 0 aromatic rings. The molecule has 0 N–H and O–H groups in total. The van der Waals surface area contributed by atoms with Crippen molar-refractivity contribution in [2.24, 2.45) is 22.2 Å². The van der Waals surface area contributed by atoms with Crippen LogP contribution < -0.4 is 0 Å². The molecule has 3 heterocycles. The fourth-order valence-electron chi connectivity index (χ4n) is 6.54. The van der Waals surface area contributed by atoms with Crippen molar-refractivity contribution in [1.82, 2.24) is 14.7 Å². The van der Waals surface area contributed by atoms with Crippen molar-refractivity contribution in [2.45, 2.75) is 106 Å². The second-order valence-electron chi connectivity index (χ2n) is 14.5. The van der Waals surface area contributed by atoms with Crippen LogP contribution in [0.3, 0.4) is 0 Å². The molecule has 30 heavy (non-hydrogen) atoms. The van der Waals surface area contributed by atoms with E-state index in [1.165, 1.54) is 77.9 Å². The van der Waals surface area contributed by atoms with Gasteiger partial charge in [0.25, 0.3) is 0 Å². The summed E-state index contributed by atoms with van der Waals surface area (Å²) in [5.74, 6) is 0.928. The zero-order valence-corrected chi connectivity index (χ0v) is 22.0. The zero-order valence-electron chi connectivity index (χ0n) is 22.0. The van der Waals surface area contributed by atoms with E-state index in [2.05, 4.69) is 77.0 Å². The molecule has 3 rings (SSSR count). The summed E-state index contributed by atoms with van der Waals surface area (Å²) in [5.41, 5.74) is 1.83. The van der Waals surface area contributed by atoms with Gasteiger partial charge in [-0.15, -0.1) is 0 Å². The van der Waals surface area contributed by atoms with Crippen molar-refractivity contribution in [3.63, 3.8) is 0 Å². The molecule has 0 bridgehead atoms. The van der Waals surface area contributed by atoms with Crippen LogP contribution in [0.5, 0.6) is 0 Å². The van der Waals surface area contributed by atoms with Crippen LogP contribution in [-0.2, 0) is 0 Å². The van der Waals surface area contributed by atoms with Gasteiger partial charge in [-0.2, -0.15) is 0 Å². The standard InChI is InChI=1S/C27H53N3/c1-22(29-16-23(17-29)15-24(2,3)4)11-13-26(8,9)30-14-10-12-27(21-30)19-28(20-27)18-25(5,6)7/h22-23H,10-21H2,1-9H3. The maximum atomic E-state index is 2.86. The number of hydrogen-bond donors (Lipinski definition) is 0. The Morgan fingerprint density at radius 3 is 2.10 bits per heavy atom. The fourth-order valence-corrected chi connectivity index (χ4v) is 6.54. The van der Waals surface area contributed by atoms with Crippen LogP contribution in [0.15, 0.2) is 0 Å². The van der Waals surface area contributed by atoms with Gasteiger partial charge in [0.1, 0.15) is 0 Å². The molecular weight excluding hydrogens is 366 g/mol. The lowest BCUT2D eigenvalue weighted by molar-refractivity contribution is -0.0895. The third-order valence-corrected chi connectivity index (χ3v) is 8.02. The Kier molecular flexibility index (Phi) is 7.09. The van der Waals surface area contributed by atoms with Crippen molar-refractivity contribution in [1.29, 1.82) is 0 Å². The van der Waals surface area contributed by atoms with Crippen LogP contribution >= 0.6 is 0 Å². The summed E-state index contributed by atoms with van der Waals surface area (Å²) in [5, 5.41) is 0. The molecule has 1 spiro atoms. The maximum Gasteiger partial charge on any atom is 0.0154 e. The molecule has 3 saturated heterocycles. The Balaban J connectivity index is 1.42. The van der Waals surface area contributed by atoms with Gasteiger partial charge in [0.05, 0.1) is 0 Å². The summed E-state index contributed by atoms with van der Waals surface area (Å²) in [7, 11) is 0. The first-order chi connectivity index (χ1) is 13.7. The van der Waals surface area contributed by atoms with Gasteiger partial charge in [-0.05, 0) is 76.2 Å². The molecule has 3 nitrogen and oxygen atoms in total. The number of likely N-dealkylation sites (tertiary alicyclic amines) is 3. The van der Waals surface area contributed by atoms with Crippen molar-refractivity contribution in [2.75, 3.05) is 45.8 Å². The molecule has 0 radical (unpaired) electrons. The smallest absolute Gasteiger partial charge is 0.0154 e. The molecule has 3 aliphatic heterocycles. The molecule has 0 aromatic carbocycles. The minimum absolute atomic E-state index is 0.335. The zero-order chi connectivity index (χ0) is 22.4. The minimum Gasteiger partial charge on any atom is -0.302 e. The summed E-state index contributed by atoms with van der Waals surface area (Å²) in [6, 6.07) is 0.741. The first-order valence-corrected chi connectivity index (χ1v) is 12.9. The van der Waals surface area contributed by atoms with Gasteiger partial charge in [0, 0.05) is 56.3 Å². The van der Waals surface area contributed by atoms with E-state index in [-0.39, 0.29) is 0 Å². The molecule has 1 unspecified atom stereocenters. The third-order valence-electron chi connectivity index (χ3n) is 8.02. The van der Waals surface area contributed by atoms with E-state index < -0.39 is 0 Å². The van der Waals surface area contributed by atoms with Gasteiger partial charge >= 0.3 is 0 Å². The maximum absolute atomic E-state index is 2.86. The molecule has 176 valence electrons. The first-order valence-electron chi connectivity index (χ1n) is 12.9. The van der Waals surface area contributed by atoms with Crippen LogP contribution in [0.1, 0.15) is 94.4 Å². The average molecular weight is 420 g/mol. The van der Waals surface area contributed by atoms with Crippen molar-refractivity contribution in [3.05, 3.63) is 0 Å². The van der Waals surface area contributed by atoms with Crippen LogP contribution in [0.2, 0.25) is 0 Å². The van der Waals surface area contributed by atoms with Crippen LogP contribution in [0.25, 0.3) is 0 Å². The van der Waals surface area contributed by atoms with Gasteiger partial charge in [-0.3, -0.25) is 4.90 Å². The number of piperidine rings is 1. The molecular formula is C27H53N3. The Morgan fingerprint density at radius 1 is 0.900 bits per heavy atom. The Hall–Kier alpha value is -0.120. The van der Waals surface area contributed by atoms with E-state index in [1.54, 1.807) is 0 Å². The van der Waals surface area contributed by atoms with Crippen molar-refractivity contribution >= 4 is 0 Å². The molecule has 3 aliphatic rings. The monoisotopic (exact) mass is 419 g/mol. The number of hydrogen-bond acceptors (Lipinski definition) is 3. The number of rotatable bonds is 7. The van der Waals surface area contributed by atoms with E-state index in [0.717, 1.165) is 12.0 Å². The molecule has 1 atom stereocenters. The van der Waals surface area contributed by atoms with Crippen molar-refractivity contribution in [3.8, 4) is 0 Å². The van der Waals surface area contributed by atoms with Gasteiger partial charge in [0.15, 0.2) is 0 Å². The lowest BCUT2D eigenvalue weighted by Gasteiger charge is -2.58. The SMILES string of the molecule is CC(CCC(C)(C)N1CCCC2(CN(CC(C)(C)C)C2)C1)N1CC(CC(C)(C)C)C1. The molecule has 0 saturated carbocycles. The van der Waals surface area contributed by atoms with E-state index >= 15 is 0 Å². The predicted octanol–water partition coefficient (Wildman–Crippen LogP) is 5.75. The molecule has 0 aromatic heterocycles. The van der Waals surface area contributed by atoms with Gasteiger partial charge in [0.2, 0.25) is 0 Å². The summed E-state index contributed by atoms with van der Waals surface area (Å²) in [6.45, 7) is 31.0. The highest BCUT2D eigenvalue weighted by molar-refractivity contribution is 5.02. The number of nitrogens with zero attached hydrogens (tertiary/aromatic N) is 3. The Bertz CT molecular complexity index is 556. The fraction of sp³-hybridized carbons (Fsp3) is 1.00. The minimum atomic E-state index is 0.335. The summed E-state index contributed by atoms with van der Waals surface area (Å²) in [4.78, 5) is 8.30. The molecule has 0 aliphatic carbocycles. The Labute approximate surface area is 188 Å². The van der Waals surface area contributed by atoms with Gasteiger partial charge in [-0.25, -0.2) is 0 Å². The topological polar surface area (TPSA) is 9.72 Å². The molecule has 3 fully saturated rings. The molecule has 3 heteroatoms. The second kappa shape index (κ2) is 8.67. The van der Waals surface area contributed by atoms with Crippen molar-refractivity contribution < 1.29 is 0 Å². The quantitative estimate of drug-likeness (QED) is 0.520. The van der Waals surface area contributed by atoms with E-state index in [1.807, 2.05) is 0 Å². The van der Waals surface area contributed by atoms with E-state index in [4.69, 9.17) is 0 Å². The highest BCUT2D eigenvalue weighted by atomic mass is 15.3. The van der Waals surface area contributed by atoms with Crippen LogP contribution in [0.4, 0.5) is 0 Å². The second-order valence-corrected chi connectivity index (χ2v) is 14.5. The predicted molar refractivity (Wildman–Crippen MR) is 131 cm³/mol. The average Bonchev–Trinajstić information content (AvgIpc) is 2.52. The normalized spacial score (nSPS) is 25.9. The summed E-state index contributed by atoms with van der Waals surface area (Å²) < 4.78 is 0. The van der Waals surface area contributed by atoms with Gasteiger partial charge in [-0.1, -0.05) is 41.5 Å². The summed E-state index contributed by atoms with van der Waals surface area (Å²) >= 11 is 0. The van der Waals surface area contributed by atoms with E-state index in [9.17, 15) is 0 Å². The van der Waals surface area contributed by atoms with E-state index in [0.29, 0.717) is 21.8 Å².